The number of hydrogen-bond donors (Lipinski definition) is 4. The Labute approximate surface area is 236 Å². The number of benzene rings is 1. The Balaban J connectivity index is 2.09. The number of likely N-dealkylation sites (tertiary alicyclic amines) is 1. The largest absolute Gasteiger partial charge is 0.481 e. The van der Waals surface area contributed by atoms with Gasteiger partial charge in [0.25, 0.3) is 0 Å². The van der Waals surface area contributed by atoms with Crippen LogP contribution in [0.1, 0.15) is 82.9 Å². The highest BCUT2D eigenvalue weighted by Gasteiger charge is 2.44. The third kappa shape index (κ3) is 9.96. The van der Waals surface area contributed by atoms with Crippen molar-refractivity contribution in [1.29, 1.82) is 0 Å². The molecule has 1 aromatic carbocycles. The van der Waals surface area contributed by atoms with Gasteiger partial charge < -0.3 is 30.5 Å². The quantitative estimate of drug-likeness (QED) is 0.203. The Kier molecular flexibility index (Phi) is 12.6. The molecule has 1 saturated heterocycles. The topological polar surface area (TPSA) is 145 Å². The summed E-state index contributed by atoms with van der Waals surface area (Å²) in [5.74, 6) is 0.574. The van der Waals surface area contributed by atoms with Crippen molar-refractivity contribution in [2.75, 3.05) is 20.3 Å². The van der Waals surface area contributed by atoms with Crippen molar-refractivity contribution in [3.05, 3.63) is 35.4 Å². The van der Waals surface area contributed by atoms with E-state index in [1.165, 1.54) is 12.0 Å². The van der Waals surface area contributed by atoms with E-state index in [-0.39, 0.29) is 38.3 Å². The molecule has 1 heterocycles. The number of rotatable bonds is 14. The first-order valence-electron chi connectivity index (χ1n) is 13.7. The van der Waals surface area contributed by atoms with Gasteiger partial charge >= 0.3 is 5.97 Å². The number of β-amino-alcohol motifs (C(OH)–C–C–N with tert-alkyl or cyclic N) is 1. The van der Waals surface area contributed by atoms with Crippen LogP contribution in [0.2, 0.25) is 0 Å². The summed E-state index contributed by atoms with van der Waals surface area (Å²) in [4.78, 5) is 51.9. The Hall–Kier alpha value is -3.42. The summed E-state index contributed by atoms with van der Waals surface area (Å²) < 4.78 is 5.31. The average Bonchev–Trinajstić information content (AvgIpc) is 3.29. The number of terminal acetylenes is 1. The van der Waals surface area contributed by atoms with Crippen LogP contribution < -0.4 is 10.6 Å². The number of aliphatic carboxylic acids is 1. The van der Waals surface area contributed by atoms with Crippen molar-refractivity contribution in [1.82, 2.24) is 15.5 Å². The maximum Gasteiger partial charge on any atom is 0.303 e. The molecule has 2 rings (SSSR count). The molecule has 1 aliphatic heterocycles. The first kappa shape index (κ1) is 32.8. The van der Waals surface area contributed by atoms with Crippen LogP contribution in [-0.2, 0) is 23.9 Å². The van der Waals surface area contributed by atoms with E-state index < -0.39 is 47.4 Å². The standard InChI is InChI=1S/C30H43N3O7/c1-6-20-13-15-21(16-14-20)23(19-40-5)31-28(38)24-17-22(34)18-33(24)29(39)27(30(2,3)4)32-25(35)11-9-7-8-10-12-26(36)37/h1,13-16,22-24,27,34H,7-12,17-19H2,2-5H3,(H,31,38)(H,32,35)(H,36,37)/t22-,23+,24+,27?/m1/s1. The molecule has 0 spiro atoms. The number of nitrogens with zero attached hydrogens (tertiary/aromatic N) is 1. The van der Waals surface area contributed by atoms with Crippen LogP contribution in [0.25, 0.3) is 0 Å². The maximum atomic E-state index is 13.7. The van der Waals surface area contributed by atoms with Gasteiger partial charge in [-0.3, -0.25) is 19.2 Å². The molecule has 1 unspecified atom stereocenters. The van der Waals surface area contributed by atoms with Crippen LogP contribution in [0.15, 0.2) is 24.3 Å². The third-order valence-electron chi connectivity index (χ3n) is 6.96. The smallest absolute Gasteiger partial charge is 0.303 e. The molecule has 10 heteroatoms. The zero-order chi connectivity index (χ0) is 29.9. The number of methoxy groups -OCH3 is 1. The van der Waals surface area contributed by atoms with E-state index in [0.717, 1.165) is 5.56 Å². The number of unbranched alkanes of at least 4 members (excludes halogenated alkanes) is 3. The van der Waals surface area contributed by atoms with Crippen LogP contribution in [0.4, 0.5) is 0 Å². The van der Waals surface area contributed by atoms with Crippen molar-refractivity contribution < 1.29 is 34.1 Å². The summed E-state index contributed by atoms with van der Waals surface area (Å²) in [5, 5.41) is 24.9. The summed E-state index contributed by atoms with van der Waals surface area (Å²) in [5.41, 5.74) is 0.837. The number of carboxylic acid groups (broad SMARTS) is 1. The van der Waals surface area contributed by atoms with E-state index in [0.29, 0.717) is 31.2 Å². The molecule has 3 amide bonds. The summed E-state index contributed by atoms with van der Waals surface area (Å²) in [6.45, 7) is 5.67. The fourth-order valence-corrected chi connectivity index (χ4v) is 4.74. The molecule has 0 bridgehead atoms. The van der Waals surface area contributed by atoms with Crippen LogP contribution in [-0.4, -0.2) is 77.3 Å². The predicted molar refractivity (Wildman–Crippen MR) is 150 cm³/mol. The number of carbonyl (C=O) groups is 4. The van der Waals surface area contributed by atoms with Gasteiger partial charge in [0.05, 0.1) is 18.8 Å². The summed E-state index contributed by atoms with van der Waals surface area (Å²) in [6.07, 6.45) is 7.51. The lowest BCUT2D eigenvalue weighted by Crippen LogP contribution is -2.58. The van der Waals surface area contributed by atoms with Crippen molar-refractivity contribution >= 4 is 23.7 Å². The molecule has 1 aromatic rings. The molecule has 0 saturated carbocycles. The Morgan fingerprint density at radius 1 is 1.07 bits per heavy atom. The first-order chi connectivity index (χ1) is 18.9. The summed E-state index contributed by atoms with van der Waals surface area (Å²) in [6, 6.07) is 4.85. The molecule has 220 valence electrons. The summed E-state index contributed by atoms with van der Waals surface area (Å²) in [7, 11) is 1.52. The fourth-order valence-electron chi connectivity index (χ4n) is 4.74. The van der Waals surface area contributed by atoms with E-state index in [2.05, 4.69) is 16.6 Å². The van der Waals surface area contributed by atoms with Gasteiger partial charge in [-0.25, -0.2) is 0 Å². The zero-order valence-corrected chi connectivity index (χ0v) is 23.9. The molecule has 10 nitrogen and oxygen atoms in total. The molecule has 4 N–H and O–H groups in total. The van der Waals surface area contributed by atoms with Gasteiger partial charge in [-0.1, -0.05) is 51.7 Å². The normalized spacial score (nSPS) is 18.4. The van der Waals surface area contributed by atoms with Gasteiger partial charge in [0.1, 0.15) is 12.1 Å². The minimum atomic E-state index is -0.914. The molecule has 0 aromatic heterocycles. The van der Waals surface area contributed by atoms with Gasteiger partial charge in [0.2, 0.25) is 17.7 Å². The predicted octanol–water partition coefficient (Wildman–Crippen LogP) is 2.39. The number of aliphatic hydroxyl groups is 1. The van der Waals surface area contributed by atoms with Crippen LogP contribution in [0.5, 0.6) is 0 Å². The van der Waals surface area contributed by atoms with Gasteiger partial charge in [-0.2, -0.15) is 0 Å². The minimum absolute atomic E-state index is 0.0191. The lowest BCUT2D eigenvalue weighted by atomic mass is 9.85. The molecule has 0 radical (unpaired) electrons. The Morgan fingerprint density at radius 3 is 2.25 bits per heavy atom. The highest BCUT2D eigenvalue weighted by molar-refractivity contribution is 5.93. The number of carbonyl (C=O) groups excluding carboxylic acids is 3. The molecule has 4 atom stereocenters. The van der Waals surface area contributed by atoms with Crippen LogP contribution >= 0.6 is 0 Å². The minimum Gasteiger partial charge on any atom is -0.481 e. The fraction of sp³-hybridized carbons (Fsp3) is 0.600. The van der Waals surface area contributed by atoms with Gasteiger partial charge in [0, 0.05) is 38.5 Å². The number of amides is 3. The van der Waals surface area contributed by atoms with E-state index in [1.807, 2.05) is 32.9 Å². The molecule has 1 fully saturated rings. The van der Waals surface area contributed by atoms with E-state index in [9.17, 15) is 24.3 Å². The molecule has 1 aliphatic rings. The van der Waals surface area contributed by atoms with Crippen molar-refractivity contribution in [2.45, 2.75) is 89.9 Å². The second-order valence-corrected chi connectivity index (χ2v) is 11.4. The second-order valence-electron chi connectivity index (χ2n) is 11.4. The number of carboxylic acids is 1. The number of nitrogens with one attached hydrogen (secondary N) is 2. The molecular formula is C30H43N3O7. The SMILES string of the molecule is C#Cc1ccc([C@H](COC)NC(=O)[C@@H]2C[C@@H](O)CN2C(=O)C(NC(=O)CCCCCCC(=O)O)C(C)(C)C)cc1. The van der Waals surface area contributed by atoms with Gasteiger partial charge in [0.15, 0.2) is 0 Å². The average molecular weight is 558 g/mol. The lowest BCUT2D eigenvalue weighted by Gasteiger charge is -2.35. The molecule has 40 heavy (non-hydrogen) atoms. The zero-order valence-electron chi connectivity index (χ0n) is 23.9. The summed E-state index contributed by atoms with van der Waals surface area (Å²) >= 11 is 0. The number of ether oxygens (including phenoxy) is 1. The lowest BCUT2D eigenvalue weighted by molar-refractivity contribution is -0.144. The van der Waals surface area contributed by atoms with Gasteiger partial charge in [-0.15, -0.1) is 6.42 Å². The van der Waals surface area contributed by atoms with E-state index in [1.54, 1.807) is 12.1 Å². The van der Waals surface area contributed by atoms with Crippen molar-refractivity contribution in [3.8, 4) is 12.3 Å². The monoisotopic (exact) mass is 557 g/mol. The third-order valence-corrected chi connectivity index (χ3v) is 6.96. The highest BCUT2D eigenvalue weighted by atomic mass is 16.5. The first-order valence-corrected chi connectivity index (χ1v) is 13.7. The van der Waals surface area contributed by atoms with Crippen molar-refractivity contribution in [3.63, 3.8) is 0 Å². The maximum absolute atomic E-state index is 13.7. The van der Waals surface area contributed by atoms with Crippen LogP contribution in [0.3, 0.4) is 0 Å². The van der Waals surface area contributed by atoms with Crippen molar-refractivity contribution in [2.24, 2.45) is 5.41 Å². The molecular weight excluding hydrogens is 514 g/mol. The highest BCUT2D eigenvalue weighted by Crippen LogP contribution is 2.27. The van der Waals surface area contributed by atoms with E-state index >= 15 is 0 Å². The van der Waals surface area contributed by atoms with E-state index in [4.69, 9.17) is 16.3 Å². The molecule has 0 aliphatic carbocycles. The Bertz CT molecular complexity index is 1060. The number of aliphatic hydroxyl groups excluding tert-OH is 1. The van der Waals surface area contributed by atoms with Gasteiger partial charge in [-0.05, 0) is 36.0 Å². The second kappa shape index (κ2) is 15.4. The number of hydrogen-bond acceptors (Lipinski definition) is 6. The Morgan fingerprint density at radius 2 is 1.70 bits per heavy atom. The van der Waals surface area contributed by atoms with Crippen LogP contribution in [0, 0.1) is 17.8 Å².